The highest BCUT2D eigenvalue weighted by Gasteiger charge is 2.31. The van der Waals surface area contributed by atoms with Gasteiger partial charge in [0.2, 0.25) is 10.0 Å². The number of hydrogen-bond donors (Lipinski definition) is 1. The van der Waals surface area contributed by atoms with Crippen molar-refractivity contribution in [1.29, 1.82) is 0 Å². The first-order valence-corrected chi connectivity index (χ1v) is 36.0. The van der Waals surface area contributed by atoms with Crippen molar-refractivity contribution in [1.82, 2.24) is 29.6 Å². The third-order valence-corrected chi connectivity index (χ3v) is 20.6. The van der Waals surface area contributed by atoms with Gasteiger partial charge in [0.05, 0.1) is 22.8 Å². The van der Waals surface area contributed by atoms with Crippen molar-refractivity contribution in [2.75, 3.05) is 11.9 Å². The van der Waals surface area contributed by atoms with Crippen LogP contribution in [0.1, 0.15) is 285 Å². The van der Waals surface area contributed by atoms with Crippen LogP contribution in [0.4, 0.5) is 5.69 Å². The zero-order valence-corrected chi connectivity index (χ0v) is 63.1. The Morgan fingerprint density at radius 2 is 1.12 bits per heavy atom. The van der Waals surface area contributed by atoms with Crippen molar-refractivity contribution in [2.24, 2.45) is 24.3 Å². The number of nitrogens with zero attached hydrogens (tertiary/aromatic N) is 6. The van der Waals surface area contributed by atoms with E-state index in [0.29, 0.717) is 5.41 Å². The van der Waals surface area contributed by atoms with Crippen molar-refractivity contribution in [3.63, 3.8) is 0 Å². The van der Waals surface area contributed by atoms with Crippen LogP contribution in [0.15, 0.2) is 108 Å². The van der Waals surface area contributed by atoms with Gasteiger partial charge in [0.15, 0.2) is 0 Å². The second-order valence-electron chi connectivity index (χ2n) is 32.9. The number of hydrogen-bond acceptors (Lipinski definition) is 8. The minimum absolute atomic E-state index is 0.124. The van der Waals surface area contributed by atoms with Crippen molar-refractivity contribution in [3.05, 3.63) is 160 Å². The van der Waals surface area contributed by atoms with Crippen molar-refractivity contribution >= 4 is 15.7 Å². The van der Waals surface area contributed by atoms with Crippen LogP contribution in [0.5, 0.6) is 0 Å². The highest BCUT2D eigenvalue weighted by molar-refractivity contribution is 7.90. The second kappa shape index (κ2) is 33.1. The lowest BCUT2D eigenvalue weighted by atomic mass is 9.74. The Morgan fingerprint density at radius 1 is 0.593 bits per heavy atom. The Kier molecular flexibility index (Phi) is 28.4. The molecule has 5 heterocycles. The predicted octanol–water partition coefficient (Wildman–Crippen LogP) is 21.3. The monoisotopic (exact) mass is 1270 g/mol. The van der Waals surface area contributed by atoms with Crippen LogP contribution < -0.4 is 9.62 Å². The minimum atomic E-state index is -3.03. The summed E-state index contributed by atoms with van der Waals surface area (Å²) in [5.41, 5.74) is 18.2. The third-order valence-electron chi connectivity index (χ3n) is 18.7. The zero-order chi connectivity index (χ0) is 68.7. The molecule has 0 radical (unpaired) electrons. The molecule has 10 rings (SSSR count). The summed E-state index contributed by atoms with van der Waals surface area (Å²) in [5.74, 6) is 3.61. The van der Waals surface area contributed by atoms with Gasteiger partial charge >= 0.3 is 0 Å². The molecular formula is C80H127N7O3S. The SMILES string of the molecule is C=C1CCc2c(cccc2C(C)(C)C)N1C.CC(C)(C)c1cccnc1-c1ccccc1.CC(C)(C)c1cccnc1C1CCC1.CC(C)S(=O)(=O)NC1CCCC1.CC(C1CCCC1)C(C)(C)C.Cc1cnn(C)c1C(C)(C)C.Cc1noc(C)c1C(C)(C)C. The van der Waals surface area contributed by atoms with E-state index in [-0.39, 0.29) is 38.4 Å². The maximum Gasteiger partial charge on any atom is 0.214 e. The molecule has 0 bridgehead atoms. The third kappa shape index (κ3) is 23.5. The summed E-state index contributed by atoms with van der Waals surface area (Å²) in [6.45, 7) is 56.5. The molecule has 1 aliphatic heterocycles. The van der Waals surface area contributed by atoms with Gasteiger partial charge < -0.3 is 9.42 Å². The number of aromatic nitrogens is 5. The van der Waals surface area contributed by atoms with Gasteiger partial charge in [-0.1, -0.05) is 243 Å². The largest absolute Gasteiger partial charge is 0.361 e. The van der Waals surface area contributed by atoms with Gasteiger partial charge in [0.1, 0.15) is 5.76 Å². The first kappa shape index (κ1) is 78.1. The first-order valence-electron chi connectivity index (χ1n) is 34.4. The molecule has 2 aromatic carbocycles. The average molecular weight is 1270 g/mol. The second-order valence-corrected chi connectivity index (χ2v) is 35.2. The van der Waals surface area contributed by atoms with E-state index in [9.17, 15) is 8.42 Å². The van der Waals surface area contributed by atoms with E-state index in [0.717, 1.165) is 73.4 Å². The molecule has 506 valence electrons. The maximum atomic E-state index is 11.4. The topological polar surface area (TPSA) is 119 Å². The number of nitrogens with one attached hydrogen (secondary N) is 1. The van der Waals surface area contributed by atoms with Gasteiger partial charge in [-0.2, -0.15) is 5.10 Å². The fourth-order valence-electron chi connectivity index (χ4n) is 13.1. The highest BCUT2D eigenvalue weighted by atomic mass is 32.2. The van der Waals surface area contributed by atoms with E-state index < -0.39 is 10.0 Å². The molecule has 91 heavy (non-hydrogen) atoms. The molecule has 11 heteroatoms. The van der Waals surface area contributed by atoms with Gasteiger partial charge in [-0.15, -0.1) is 0 Å². The summed E-state index contributed by atoms with van der Waals surface area (Å²) in [4.78, 5) is 11.3. The van der Waals surface area contributed by atoms with E-state index in [2.05, 4.69) is 243 Å². The van der Waals surface area contributed by atoms with Crippen LogP contribution in [0.2, 0.25) is 0 Å². The fourth-order valence-corrected chi connectivity index (χ4v) is 14.1. The van der Waals surface area contributed by atoms with Crippen LogP contribution in [0.3, 0.4) is 0 Å². The molecule has 1 unspecified atom stereocenters. The van der Waals surface area contributed by atoms with Crippen molar-refractivity contribution in [2.45, 2.75) is 294 Å². The van der Waals surface area contributed by atoms with E-state index in [1.807, 2.05) is 56.3 Å². The van der Waals surface area contributed by atoms with Gasteiger partial charge in [-0.05, 0) is 158 Å². The molecule has 1 N–H and O–H groups in total. The molecular weight excluding hydrogens is 1140 g/mol. The Labute approximate surface area is 556 Å². The van der Waals surface area contributed by atoms with E-state index in [1.54, 1.807) is 13.8 Å². The molecule has 4 aliphatic rings. The normalized spacial score (nSPS) is 16.2. The summed E-state index contributed by atoms with van der Waals surface area (Å²) in [6.07, 6.45) is 22.2. The fraction of sp³-hybridized carbons (Fsp3) is 0.625. The summed E-state index contributed by atoms with van der Waals surface area (Å²) >= 11 is 0. The van der Waals surface area contributed by atoms with Crippen LogP contribution in [-0.2, 0) is 50.6 Å². The van der Waals surface area contributed by atoms with Gasteiger partial charge in [0.25, 0.3) is 0 Å². The number of sulfonamides is 1. The lowest BCUT2D eigenvalue weighted by Gasteiger charge is -2.34. The smallest absolute Gasteiger partial charge is 0.214 e. The standard InChI is InChI=1S/C15H21N.C15H17N.C13H19N.C11H22.C9H16N2.C9H15NO.C8H17NO2S/c1-11-9-10-12-13(15(2,3)4)7-6-8-14(12)16(11)5;1-15(2,3)13-10-7-11-16-14(13)12-8-5-4-6-9-12;1-13(2,3)11-8-5-9-14-12(11)10-6-4-7-10;1-9(11(2,3)4)10-7-5-6-8-10;1-7-6-10-11(5)8(7)9(2,3)4;1-6-8(9(3,4)5)7(2)11-10-6;1-7(2)12(10,11)9-8-5-3-4-6-8/h6-8H,1,9-10H2,2-5H3;4-11H,1-3H3;5,8-10H,4,6-7H2,1-3H3;9-10H,5-8H2,1-4H3;6H,1-5H3;1-5H3;7-9H,3-6H2,1-2H3. The quantitative estimate of drug-likeness (QED) is 0.175. The summed E-state index contributed by atoms with van der Waals surface area (Å²) in [7, 11) is 1.08. The summed E-state index contributed by atoms with van der Waals surface area (Å²) in [6, 6.07) is 25.7. The number of benzene rings is 2. The minimum Gasteiger partial charge on any atom is -0.361 e. The maximum absolute atomic E-state index is 11.4. The number of fused-ring (bicyclic) bond motifs is 1. The Hall–Kier alpha value is -5.39. The molecule has 0 spiro atoms. The molecule has 3 saturated carbocycles. The number of rotatable bonds is 6. The van der Waals surface area contributed by atoms with Crippen molar-refractivity contribution in [3.8, 4) is 11.3 Å². The molecule has 10 nitrogen and oxygen atoms in total. The van der Waals surface area contributed by atoms with E-state index in [1.165, 1.54) is 107 Å². The number of pyridine rings is 2. The highest BCUT2D eigenvalue weighted by Crippen LogP contribution is 2.42. The van der Waals surface area contributed by atoms with Crippen molar-refractivity contribution < 1.29 is 12.9 Å². The Balaban J connectivity index is 0.000000228. The van der Waals surface area contributed by atoms with Gasteiger partial charge in [-0.25, -0.2) is 13.1 Å². The van der Waals surface area contributed by atoms with Crippen LogP contribution in [0.25, 0.3) is 11.3 Å². The average Bonchev–Trinajstić information content (AvgIpc) is 1.74. The predicted molar refractivity (Wildman–Crippen MR) is 390 cm³/mol. The summed E-state index contributed by atoms with van der Waals surface area (Å²) in [5, 5.41) is 7.80. The lowest BCUT2D eigenvalue weighted by Crippen LogP contribution is -2.37. The summed E-state index contributed by atoms with van der Waals surface area (Å²) < 4.78 is 32.5. The lowest BCUT2D eigenvalue weighted by molar-refractivity contribution is 0.179. The van der Waals surface area contributed by atoms with Crippen LogP contribution >= 0.6 is 0 Å². The van der Waals surface area contributed by atoms with Gasteiger partial charge in [-0.3, -0.25) is 14.6 Å². The van der Waals surface area contributed by atoms with E-state index >= 15 is 0 Å². The number of anilines is 1. The molecule has 3 fully saturated rings. The molecule has 6 aromatic rings. The molecule has 1 atom stereocenters. The van der Waals surface area contributed by atoms with Crippen LogP contribution in [0, 0.1) is 38.0 Å². The number of allylic oxidation sites excluding steroid dienone is 1. The van der Waals surface area contributed by atoms with Crippen LogP contribution in [-0.4, -0.2) is 51.7 Å². The Bertz CT molecular complexity index is 3180. The molecule has 3 aliphatic carbocycles. The molecule has 0 amide bonds. The number of aryl methyl sites for hydroxylation is 4. The molecule has 4 aromatic heterocycles. The van der Waals surface area contributed by atoms with Gasteiger partial charge in [0, 0.05) is 77.8 Å². The molecule has 0 saturated heterocycles. The Morgan fingerprint density at radius 3 is 1.55 bits per heavy atom. The first-order chi connectivity index (χ1) is 42.0. The zero-order valence-electron chi connectivity index (χ0n) is 62.3. The van der Waals surface area contributed by atoms with E-state index in [4.69, 9.17) is 4.52 Å².